The van der Waals surface area contributed by atoms with Crippen LogP contribution in [0.4, 0.5) is 11.4 Å². The van der Waals surface area contributed by atoms with E-state index in [1.54, 1.807) is 43.0 Å². The van der Waals surface area contributed by atoms with E-state index in [2.05, 4.69) is 5.32 Å². The fourth-order valence-electron chi connectivity index (χ4n) is 4.81. The number of para-hydroxylation sites is 2. The third-order valence-electron chi connectivity index (χ3n) is 6.63. The zero-order valence-corrected chi connectivity index (χ0v) is 18.2. The van der Waals surface area contributed by atoms with Gasteiger partial charge in [0, 0.05) is 19.0 Å². The first kappa shape index (κ1) is 21.3. The van der Waals surface area contributed by atoms with Crippen LogP contribution in [0.5, 0.6) is 0 Å². The number of anilines is 2. The van der Waals surface area contributed by atoms with Gasteiger partial charge in [-0.1, -0.05) is 25.0 Å². The molecule has 0 bridgehead atoms. The minimum atomic E-state index is -1.14. The molecule has 0 radical (unpaired) electrons. The van der Waals surface area contributed by atoms with E-state index in [-0.39, 0.29) is 24.3 Å². The van der Waals surface area contributed by atoms with Crippen LogP contribution in [0.25, 0.3) is 0 Å². The summed E-state index contributed by atoms with van der Waals surface area (Å²) in [5.74, 6) is -1.91. The fraction of sp³-hybridized carbons (Fsp3) is 0.565. The van der Waals surface area contributed by atoms with Crippen LogP contribution >= 0.6 is 0 Å². The van der Waals surface area contributed by atoms with Gasteiger partial charge in [-0.15, -0.1) is 0 Å². The van der Waals surface area contributed by atoms with Crippen LogP contribution in [-0.4, -0.2) is 52.8 Å². The molecule has 1 aromatic carbocycles. The van der Waals surface area contributed by atoms with Gasteiger partial charge in [0.1, 0.15) is 5.54 Å². The van der Waals surface area contributed by atoms with E-state index in [4.69, 9.17) is 4.74 Å². The molecule has 4 rings (SSSR count). The van der Waals surface area contributed by atoms with Crippen molar-refractivity contribution in [2.45, 2.75) is 70.6 Å². The maximum absolute atomic E-state index is 13.3. The molecule has 3 amide bonds. The van der Waals surface area contributed by atoms with Gasteiger partial charge in [0.15, 0.2) is 6.10 Å². The molecule has 2 fully saturated rings. The van der Waals surface area contributed by atoms with Gasteiger partial charge < -0.3 is 15.0 Å². The predicted molar refractivity (Wildman–Crippen MR) is 114 cm³/mol. The second kappa shape index (κ2) is 7.98. The highest BCUT2D eigenvalue weighted by atomic mass is 16.5. The molecule has 2 aliphatic heterocycles. The van der Waals surface area contributed by atoms with Gasteiger partial charge in [0.05, 0.1) is 17.3 Å². The predicted octanol–water partition coefficient (Wildman–Crippen LogP) is 2.47. The summed E-state index contributed by atoms with van der Waals surface area (Å²) in [6, 6.07) is 7.25. The Morgan fingerprint density at radius 1 is 1.16 bits per heavy atom. The lowest BCUT2D eigenvalue weighted by atomic mass is 9.95. The van der Waals surface area contributed by atoms with Gasteiger partial charge in [0.2, 0.25) is 11.8 Å². The normalized spacial score (nSPS) is 24.0. The molecule has 1 saturated heterocycles. The summed E-state index contributed by atoms with van der Waals surface area (Å²) in [6.07, 6.45) is 3.21. The molecule has 8 nitrogen and oxygen atoms in total. The summed E-state index contributed by atoms with van der Waals surface area (Å²) < 4.78 is 5.51. The van der Waals surface area contributed by atoms with Crippen LogP contribution < -0.4 is 10.2 Å². The highest BCUT2D eigenvalue weighted by Crippen LogP contribution is 2.37. The molecule has 3 aliphatic rings. The molecule has 2 atom stereocenters. The minimum Gasteiger partial charge on any atom is -0.452 e. The molecular formula is C23H29N3O5. The summed E-state index contributed by atoms with van der Waals surface area (Å²) in [5.41, 5.74) is -0.0509. The number of amides is 3. The first-order valence-electron chi connectivity index (χ1n) is 10.9. The molecular weight excluding hydrogens is 398 g/mol. The minimum absolute atomic E-state index is 0.0180. The Morgan fingerprint density at radius 2 is 1.84 bits per heavy atom. The average molecular weight is 428 g/mol. The van der Waals surface area contributed by atoms with Gasteiger partial charge in [-0.3, -0.25) is 24.1 Å². The summed E-state index contributed by atoms with van der Waals surface area (Å²) in [5, 5.41) is 2.81. The zero-order valence-electron chi connectivity index (χ0n) is 18.2. The van der Waals surface area contributed by atoms with Crippen molar-refractivity contribution in [3.63, 3.8) is 0 Å². The highest BCUT2D eigenvalue weighted by molar-refractivity contribution is 6.15. The molecule has 166 valence electrons. The molecule has 1 aliphatic carbocycles. The van der Waals surface area contributed by atoms with Gasteiger partial charge in [-0.2, -0.15) is 0 Å². The number of nitrogens with zero attached hydrogens (tertiary/aromatic N) is 2. The lowest BCUT2D eigenvalue weighted by Gasteiger charge is -2.42. The summed E-state index contributed by atoms with van der Waals surface area (Å²) in [6.45, 7) is 5.17. The molecule has 1 aromatic rings. The molecule has 31 heavy (non-hydrogen) atoms. The largest absolute Gasteiger partial charge is 0.452 e. The molecule has 0 unspecified atom stereocenters. The van der Waals surface area contributed by atoms with Crippen molar-refractivity contribution in [2.75, 3.05) is 16.8 Å². The lowest BCUT2D eigenvalue weighted by Crippen LogP contribution is -2.60. The van der Waals surface area contributed by atoms with Crippen molar-refractivity contribution in [3.8, 4) is 0 Å². The third-order valence-corrected chi connectivity index (χ3v) is 6.63. The van der Waals surface area contributed by atoms with Crippen LogP contribution in [0, 0.1) is 5.92 Å². The first-order chi connectivity index (χ1) is 14.7. The third kappa shape index (κ3) is 3.79. The second-order valence-corrected chi connectivity index (χ2v) is 9.17. The number of carbonyl (C=O) groups excluding carboxylic acids is 4. The second-order valence-electron chi connectivity index (χ2n) is 9.17. The number of esters is 1. The van der Waals surface area contributed by atoms with E-state index in [9.17, 15) is 19.2 Å². The smallest absolute Gasteiger partial charge is 0.312 e. The Balaban J connectivity index is 1.46. The summed E-state index contributed by atoms with van der Waals surface area (Å²) >= 11 is 0. The van der Waals surface area contributed by atoms with E-state index >= 15 is 0 Å². The molecule has 2 heterocycles. The van der Waals surface area contributed by atoms with Crippen LogP contribution in [0.2, 0.25) is 0 Å². The summed E-state index contributed by atoms with van der Waals surface area (Å²) in [7, 11) is 0. The van der Waals surface area contributed by atoms with Crippen molar-refractivity contribution in [2.24, 2.45) is 5.92 Å². The van der Waals surface area contributed by atoms with E-state index in [0.29, 0.717) is 17.9 Å². The number of benzene rings is 1. The standard InChI is InChI=1S/C23H29N3O5/c1-14(31-21(29)15-12-19(27)25(13-15)16-8-4-5-9-16)20(28)26-18-11-7-6-10-17(18)24-22(30)23(26,2)3/h6-7,10-11,14-16H,4-5,8-9,12-13H2,1-3H3,(H,24,30)/t14-,15+/m0/s1. The van der Waals surface area contributed by atoms with Crippen LogP contribution in [0.1, 0.15) is 52.9 Å². The first-order valence-corrected chi connectivity index (χ1v) is 10.9. The Labute approximate surface area is 181 Å². The number of carbonyl (C=O) groups is 4. The van der Waals surface area contributed by atoms with Crippen molar-refractivity contribution >= 4 is 35.1 Å². The fourth-order valence-corrected chi connectivity index (χ4v) is 4.81. The Bertz CT molecular complexity index is 922. The molecule has 0 aromatic heterocycles. The number of hydrogen-bond acceptors (Lipinski definition) is 5. The van der Waals surface area contributed by atoms with E-state index < -0.39 is 29.4 Å². The maximum Gasteiger partial charge on any atom is 0.312 e. The van der Waals surface area contributed by atoms with Crippen LogP contribution in [-0.2, 0) is 23.9 Å². The van der Waals surface area contributed by atoms with Crippen molar-refractivity contribution in [1.29, 1.82) is 0 Å². The Morgan fingerprint density at radius 3 is 2.55 bits per heavy atom. The van der Waals surface area contributed by atoms with E-state index in [1.165, 1.54) is 11.8 Å². The number of hydrogen-bond donors (Lipinski definition) is 1. The van der Waals surface area contributed by atoms with E-state index in [0.717, 1.165) is 25.7 Å². The van der Waals surface area contributed by atoms with Crippen molar-refractivity contribution in [3.05, 3.63) is 24.3 Å². The maximum atomic E-state index is 13.3. The average Bonchev–Trinajstić information content (AvgIpc) is 3.37. The monoisotopic (exact) mass is 427 g/mol. The van der Waals surface area contributed by atoms with Crippen LogP contribution in [0.15, 0.2) is 24.3 Å². The lowest BCUT2D eigenvalue weighted by molar-refractivity contribution is -0.158. The zero-order chi connectivity index (χ0) is 22.3. The van der Waals surface area contributed by atoms with Gasteiger partial charge in [0.25, 0.3) is 5.91 Å². The van der Waals surface area contributed by atoms with Crippen molar-refractivity contribution in [1.82, 2.24) is 4.90 Å². The SMILES string of the molecule is C[C@H](OC(=O)[C@@H]1CC(=O)N(C2CCCC2)C1)C(=O)N1c2ccccc2NC(=O)C1(C)C. The highest BCUT2D eigenvalue weighted by Gasteiger charge is 2.46. The number of nitrogens with one attached hydrogen (secondary N) is 1. The summed E-state index contributed by atoms with van der Waals surface area (Å²) in [4.78, 5) is 54.3. The number of likely N-dealkylation sites (tertiary alicyclic amines) is 1. The molecule has 1 saturated carbocycles. The Hall–Kier alpha value is -2.90. The Kier molecular flexibility index (Phi) is 5.49. The van der Waals surface area contributed by atoms with Gasteiger partial charge >= 0.3 is 5.97 Å². The topological polar surface area (TPSA) is 96.0 Å². The van der Waals surface area contributed by atoms with Crippen molar-refractivity contribution < 1.29 is 23.9 Å². The molecule has 8 heteroatoms. The van der Waals surface area contributed by atoms with Crippen LogP contribution in [0.3, 0.4) is 0 Å². The molecule has 1 N–H and O–H groups in total. The number of ether oxygens (including phenoxy) is 1. The quantitative estimate of drug-likeness (QED) is 0.745. The van der Waals surface area contributed by atoms with Gasteiger partial charge in [-0.25, -0.2) is 0 Å². The van der Waals surface area contributed by atoms with E-state index in [1.807, 2.05) is 0 Å². The number of fused-ring (bicyclic) bond motifs is 1. The van der Waals surface area contributed by atoms with Gasteiger partial charge in [-0.05, 0) is 45.7 Å². The number of rotatable bonds is 4. The molecule has 0 spiro atoms.